The molecule has 0 aliphatic heterocycles. The summed E-state index contributed by atoms with van der Waals surface area (Å²) in [6.45, 7) is 0.107. The minimum atomic E-state index is -1.72. The monoisotopic (exact) mass is 266 g/mol. The van der Waals surface area contributed by atoms with Crippen molar-refractivity contribution in [2.45, 2.75) is 38.3 Å². The third-order valence-corrected chi connectivity index (χ3v) is 1.91. The van der Waals surface area contributed by atoms with Gasteiger partial charge in [0.2, 0.25) is 6.29 Å². The molecule has 0 amide bonds. The Morgan fingerprint density at radius 1 is 1.00 bits per heavy atom. The van der Waals surface area contributed by atoms with Crippen LogP contribution in [0.4, 0.5) is 0 Å². The highest BCUT2D eigenvalue weighted by Gasteiger charge is 2.25. The number of hydrogen-bond acceptors (Lipinski definition) is 8. The van der Waals surface area contributed by atoms with E-state index < -0.39 is 43.7 Å². The molecule has 0 bridgehead atoms. The Morgan fingerprint density at radius 3 is 1.67 bits per heavy atom. The van der Waals surface area contributed by atoms with Crippen LogP contribution in [0.25, 0.3) is 0 Å². The average molecular weight is 266 g/mol. The largest absolute Gasteiger partial charge is 0.423 e. The number of hydrogen-bond donors (Lipinski definition) is 4. The first-order chi connectivity index (χ1) is 8.46. The molecule has 0 radical (unpaired) electrons. The van der Waals surface area contributed by atoms with Gasteiger partial charge in [-0.15, -0.1) is 0 Å². The van der Waals surface area contributed by atoms with E-state index >= 15 is 0 Å². The van der Waals surface area contributed by atoms with E-state index in [2.05, 4.69) is 9.47 Å². The van der Waals surface area contributed by atoms with Gasteiger partial charge in [0.05, 0.1) is 13.2 Å². The van der Waals surface area contributed by atoms with Crippen LogP contribution >= 0.6 is 0 Å². The second kappa shape index (κ2) is 8.81. The van der Waals surface area contributed by atoms with Crippen LogP contribution in [-0.4, -0.2) is 64.1 Å². The van der Waals surface area contributed by atoms with E-state index in [1.165, 1.54) is 0 Å². The Kier molecular flexibility index (Phi) is 8.21. The van der Waals surface area contributed by atoms with Gasteiger partial charge in [-0.05, 0) is 6.42 Å². The van der Waals surface area contributed by atoms with Gasteiger partial charge < -0.3 is 29.9 Å². The van der Waals surface area contributed by atoms with Crippen molar-refractivity contribution in [3.63, 3.8) is 0 Å². The van der Waals surface area contributed by atoms with Crippen molar-refractivity contribution in [1.82, 2.24) is 0 Å². The average Bonchev–Trinajstić information content (AvgIpc) is 2.36. The van der Waals surface area contributed by atoms with E-state index in [4.69, 9.17) is 20.4 Å². The molecule has 4 N–H and O–H groups in total. The van der Waals surface area contributed by atoms with Crippen molar-refractivity contribution in [3.8, 4) is 0 Å². The molecule has 8 nitrogen and oxygen atoms in total. The maximum atomic E-state index is 11.1. The maximum absolute atomic E-state index is 11.1. The summed E-state index contributed by atoms with van der Waals surface area (Å²) in [4.78, 5) is 22.3. The number of carbonyl (C=O) groups is 2. The van der Waals surface area contributed by atoms with Crippen LogP contribution in [0.2, 0.25) is 0 Å². The van der Waals surface area contributed by atoms with E-state index in [1.807, 2.05) is 0 Å². The summed E-state index contributed by atoms with van der Waals surface area (Å²) in [5, 5.41) is 35.0. The molecule has 0 aromatic carbocycles. The smallest absolute Gasteiger partial charge is 0.340 e. The van der Waals surface area contributed by atoms with Gasteiger partial charge in [-0.2, -0.15) is 0 Å². The summed E-state index contributed by atoms with van der Waals surface area (Å²) >= 11 is 0. The maximum Gasteiger partial charge on any atom is 0.340 e. The van der Waals surface area contributed by atoms with E-state index in [-0.39, 0.29) is 6.42 Å². The lowest BCUT2D eigenvalue weighted by atomic mass is 10.3. The number of rotatable bonds is 8. The SMILES string of the molecule is CCCC(OC(=O)C(O)CO)OC(=O)C(O)CO. The van der Waals surface area contributed by atoms with Gasteiger partial charge in [0, 0.05) is 6.42 Å². The molecule has 0 aromatic heterocycles. The van der Waals surface area contributed by atoms with Crippen molar-refractivity contribution in [2.24, 2.45) is 0 Å². The number of aliphatic hydroxyl groups is 4. The Hall–Kier alpha value is -1.22. The Labute approximate surface area is 104 Å². The fourth-order valence-electron chi connectivity index (χ4n) is 0.943. The van der Waals surface area contributed by atoms with Crippen LogP contribution in [0.5, 0.6) is 0 Å². The van der Waals surface area contributed by atoms with Crippen LogP contribution in [-0.2, 0) is 19.1 Å². The summed E-state index contributed by atoms with van der Waals surface area (Å²) in [6, 6.07) is 0. The first-order valence-corrected chi connectivity index (χ1v) is 5.45. The highest BCUT2D eigenvalue weighted by atomic mass is 16.7. The first-order valence-electron chi connectivity index (χ1n) is 5.45. The number of esters is 2. The molecule has 2 unspecified atom stereocenters. The molecule has 0 aliphatic carbocycles. The molecule has 8 heteroatoms. The van der Waals surface area contributed by atoms with E-state index in [9.17, 15) is 9.59 Å². The Balaban J connectivity index is 4.39. The zero-order chi connectivity index (χ0) is 14.1. The van der Waals surface area contributed by atoms with Gasteiger partial charge in [-0.1, -0.05) is 6.92 Å². The van der Waals surface area contributed by atoms with Crippen molar-refractivity contribution < 1.29 is 39.5 Å². The van der Waals surface area contributed by atoms with Gasteiger partial charge in [-0.3, -0.25) is 0 Å². The van der Waals surface area contributed by atoms with Crippen LogP contribution in [0, 0.1) is 0 Å². The number of carbonyl (C=O) groups excluding carboxylic acids is 2. The summed E-state index contributed by atoms with van der Waals surface area (Å²) in [6.07, 6.45) is -4.04. The fourth-order valence-corrected chi connectivity index (χ4v) is 0.943. The standard InChI is InChI=1S/C10H18O8/c1-2-3-8(17-9(15)6(13)4-11)18-10(16)7(14)5-12/h6-8,11-14H,2-5H2,1H3. The minimum Gasteiger partial charge on any atom is -0.423 e. The normalized spacial score (nSPS) is 15.6. The molecule has 18 heavy (non-hydrogen) atoms. The third kappa shape index (κ3) is 5.92. The number of ether oxygens (including phenoxy) is 2. The first kappa shape index (κ1) is 16.8. The van der Waals surface area contributed by atoms with E-state index in [0.717, 1.165) is 0 Å². The van der Waals surface area contributed by atoms with Crippen LogP contribution in [0.15, 0.2) is 0 Å². The fraction of sp³-hybridized carbons (Fsp3) is 0.800. The van der Waals surface area contributed by atoms with Crippen molar-refractivity contribution in [1.29, 1.82) is 0 Å². The van der Waals surface area contributed by atoms with Gasteiger partial charge in [0.25, 0.3) is 0 Å². The predicted octanol–water partition coefficient (Wildman–Crippen LogP) is -2.09. The van der Waals surface area contributed by atoms with Crippen LogP contribution < -0.4 is 0 Å². The second-order valence-corrected chi connectivity index (χ2v) is 3.49. The van der Waals surface area contributed by atoms with Gasteiger partial charge in [-0.25, -0.2) is 9.59 Å². The number of aliphatic hydroxyl groups excluding tert-OH is 4. The highest BCUT2D eigenvalue weighted by Crippen LogP contribution is 2.07. The quantitative estimate of drug-likeness (QED) is 0.290. The lowest BCUT2D eigenvalue weighted by Gasteiger charge is -2.20. The highest BCUT2D eigenvalue weighted by molar-refractivity contribution is 5.76. The second-order valence-electron chi connectivity index (χ2n) is 3.49. The molecule has 0 heterocycles. The lowest BCUT2D eigenvalue weighted by Crippen LogP contribution is -2.36. The zero-order valence-corrected chi connectivity index (χ0v) is 9.98. The van der Waals surface area contributed by atoms with Crippen molar-refractivity contribution in [2.75, 3.05) is 13.2 Å². The third-order valence-electron chi connectivity index (χ3n) is 1.91. The Morgan fingerprint density at radius 2 is 1.39 bits per heavy atom. The molecule has 2 atom stereocenters. The molecule has 0 saturated heterocycles. The molecule has 0 spiro atoms. The summed E-state index contributed by atoms with van der Waals surface area (Å²) in [5.41, 5.74) is 0. The molecule has 0 aromatic rings. The van der Waals surface area contributed by atoms with Gasteiger partial charge >= 0.3 is 11.9 Å². The van der Waals surface area contributed by atoms with E-state index in [1.54, 1.807) is 6.92 Å². The summed E-state index contributed by atoms with van der Waals surface area (Å²) in [7, 11) is 0. The predicted molar refractivity (Wildman–Crippen MR) is 57.1 cm³/mol. The lowest BCUT2D eigenvalue weighted by molar-refractivity contribution is -0.201. The topological polar surface area (TPSA) is 134 Å². The summed E-state index contributed by atoms with van der Waals surface area (Å²) in [5.74, 6) is -2.27. The van der Waals surface area contributed by atoms with Gasteiger partial charge in [0.1, 0.15) is 0 Å². The molecule has 0 fully saturated rings. The summed E-state index contributed by atoms with van der Waals surface area (Å²) < 4.78 is 9.25. The minimum absolute atomic E-state index is 0.160. The molecule has 106 valence electrons. The van der Waals surface area contributed by atoms with Crippen molar-refractivity contribution in [3.05, 3.63) is 0 Å². The molecule has 0 rings (SSSR count). The van der Waals surface area contributed by atoms with Crippen LogP contribution in [0.3, 0.4) is 0 Å². The molecular weight excluding hydrogens is 248 g/mol. The Bertz CT molecular complexity index is 243. The van der Waals surface area contributed by atoms with Gasteiger partial charge in [0.15, 0.2) is 12.2 Å². The molecule has 0 aliphatic rings. The van der Waals surface area contributed by atoms with E-state index in [0.29, 0.717) is 6.42 Å². The van der Waals surface area contributed by atoms with Crippen LogP contribution in [0.1, 0.15) is 19.8 Å². The molecular formula is C10H18O8. The zero-order valence-electron chi connectivity index (χ0n) is 9.98. The van der Waals surface area contributed by atoms with Crippen molar-refractivity contribution >= 4 is 11.9 Å². The molecule has 0 saturated carbocycles.